The van der Waals surface area contributed by atoms with Crippen LogP contribution in [-0.4, -0.2) is 23.0 Å². The summed E-state index contributed by atoms with van der Waals surface area (Å²) in [5, 5.41) is 4.69. The van der Waals surface area contributed by atoms with Gasteiger partial charge < -0.3 is 15.2 Å². The molecule has 118 valence electrons. The molecule has 1 aromatic heterocycles. The highest BCUT2D eigenvalue weighted by molar-refractivity contribution is 6.32. The van der Waals surface area contributed by atoms with E-state index in [0.717, 1.165) is 24.0 Å². The third-order valence-electron chi connectivity index (χ3n) is 4.11. The summed E-state index contributed by atoms with van der Waals surface area (Å²) in [7, 11) is 3.42. The maximum Gasteiger partial charge on any atom is 0.180 e. The summed E-state index contributed by atoms with van der Waals surface area (Å²) < 4.78 is 13.1. The zero-order chi connectivity index (χ0) is 15.7. The normalized spacial score (nSPS) is 15.2. The molecular formula is C16H20ClN3O2. The Morgan fingerprint density at radius 1 is 1.32 bits per heavy atom. The molecule has 0 bridgehead atoms. The van der Waals surface area contributed by atoms with Crippen molar-refractivity contribution in [1.29, 1.82) is 0 Å². The number of ether oxygens (including phenoxy) is 2. The molecule has 0 unspecified atom stereocenters. The van der Waals surface area contributed by atoms with E-state index in [0.29, 0.717) is 22.3 Å². The van der Waals surface area contributed by atoms with Crippen molar-refractivity contribution in [3.8, 4) is 22.6 Å². The molecule has 1 aliphatic rings. The van der Waals surface area contributed by atoms with Gasteiger partial charge in [0.25, 0.3) is 0 Å². The third-order valence-corrected chi connectivity index (χ3v) is 4.39. The van der Waals surface area contributed by atoms with Gasteiger partial charge in [0, 0.05) is 12.6 Å². The molecular weight excluding hydrogens is 302 g/mol. The molecule has 0 atom stereocenters. The maximum absolute atomic E-state index is 6.43. The molecule has 1 saturated carbocycles. The van der Waals surface area contributed by atoms with Crippen molar-refractivity contribution in [2.45, 2.75) is 31.8 Å². The first-order valence-corrected chi connectivity index (χ1v) is 7.80. The standard InChI is InChI=1S/C16H20ClN3O2/c1-20-16(18)12(9-19-20)10-7-13(17)15(14(8-10)21-2)22-11-5-3-4-6-11/h7-9,11H,3-6,18H2,1-2H3. The fourth-order valence-corrected chi connectivity index (χ4v) is 3.09. The van der Waals surface area contributed by atoms with Crippen molar-refractivity contribution in [2.75, 3.05) is 12.8 Å². The molecule has 0 amide bonds. The quantitative estimate of drug-likeness (QED) is 0.933. The molecule has 0 aliphatic heterocycles. The minimum absolute atomic E-state index is 0.223. The molecule has 5 nitrogen and oxygen atoms in total. The van der Waals surface area contributed by atoms with E-state index in [1.807, 2.05) is 12.1 Å². The van der Waals surface area contributed by atoms with Gasteiger partial charge in [0.2, 0.25) is 0 Å². The van der Waals surface area contributed by atoms with Crippen molar-refractivity contribution < 1.29 is 9.47 Å². The molecule has 2 N–H and O–H groups in total. The lowest BCUT2D eigenvalue weighted by atomic mass is 10.1. The summed E-state index contributed by atoms with van der Waals surface area (Å²) >= 11 is 6.43. The molecule has 0 spiro atoms. The van der Waals surface area contributed by atoms with Crippen LogP contribution in [-0.2, 0) is 7.05 Å². The highest BCUT2D eigenvalue weighted by Crippen LogP contribution is 2.42. The second-order valence-corrected chi connectivity index (χ2v) is 5.99. The third kappa shape index (κ3) is 2.73. The van der Waals surface area contributed by atoms with Crippen LogP contribution in [0.15, 0.2) is 18.3 Å². The van der Waals surface area contributed by atoms with Gasteiger partial charge in [-0.3, -0.25) is 4.68 Å². The molecule has 0 radical (unpaired) electrons. The van der Waals surface area contributed by atoms with Crippen molar-refractivity contribution in [3.05, 3.63) is 23.4 Å². The number of aryl methyl sites for hydroxylation is 1. The van der Waals surface area contributed by atoms with Crippen molar-refractivity contribution in [2.24, 2.45) is 7.05 Å². The highest BCUT2D eigenvalue weighted by Gasteiger charge is 2.21. The fourth-order valence-electron chi connectivity index (χ4n) is 2.83. The van der Waals surface area contributed by atoms with E-state index in [-0.39, 0.29) is 6.10 Å². The van der Waals surface area contributed by atoms with E-state index in [1.165, 1.54) is 12.8 Å². The SMILES string of the molecule is COc1cc(-c2cnn(C)c2N)cc(Cl)c1OC1CCCC1. The Kier molecular flexibility index (Phi) is 4.16. The zero-order valence-corrected chi connectivity index (χ0v) is 13.6. The van der Waals surface area contributed by atoms with E-state index in [2.05, 4.69) is 5.10 Å². The van der Waals surface area contributed by atoms with E-state index < -0.39 is 0 Å². The lowest BCUT2D eigenvalue weighted by Crippen LogP contribution is -2.12. The van der Waals surface area contributed by atoms with Gasteiger partial charge in [-0.1, -0.05) is 11.6 Å². The van der Waals surface area contributed by atoms with Crippen LogP contribution in [0, 0.1) is 0 Å². The van der Waals surface area contributed by atoms with Crippen LogP contribution in [0.5, 0.6) is 11.5 Å². The van der Waals surface area contributed by atoms with E-state index in [1.54, 1.807) is 25.0 Å². The minimum atomic E-state index is 0.223. The number of rotatable bonds is 4. The molecule has 22 heavy (non-hydrogen) atoms. The number of aromatic nitrogens is 2. The number of hydrogen-bond donors (Lipinski definition) is 1. The first kappa shape index (κ1) is 15.0. The molecule has 2 aromatic rings. The minimum Gasteiger partial charge on any atom is -0.493 e. The largest absolute Gasteiger partial charge is 0.493 e. The number of benzene rings is 1. The fraction of sp³-hybridized carbons (Fsp3) is 0.438. The van der Waals surface area contributed by atoms with Crippen molar-refractivity contribution in [1.82, 2.24) is 9.78 Å². The molecule has 1 aromatic carbocycles. The van der Waals surface area contributed by atoms with Gasteiger partial charge >= 0.3 is 0 Å². The van der Waals surface area contributed by atoms with Crippen LogP contribution in [0.3, 0.4) is 0 Å². The Morgan fingerprint density at radius 2 is 2.05 bits per heavy atom. The molecule has 3 rings (SSSR count). The second kappa shape index (κ2) is 6.08. The summed E-state index contributed by atoms with van der Waals surface area (Å²) in [6.45, 7) is 0. The average molecular weight is 322 g/mol. The van der Waals surface area contributed by atoms with Gasteiger partial charge in [-0.2, -0.15) is 5.10 Å². The lowest BCUT2D eigenvalue weighted by Gasteiger charge is -2.18. The zero-order valence-electron chi connectivity index (χ0n) is 12.8. The summed E-state index contributed by atoms with van der Waals surface area (Å²) in [4.78, 5) is 0. The van der Waals surface area contributed by atoms with Crippen LogP contribution < -0.4 is 15.2 Å². The van der Waals surface area contributed by atoms with Crippen LogP contribution in [0.4, 0.5) is 5.82 Å². The van der Waals surface area contributed by atoms with E-state index in [9.17, 15) is 0 Å². The number of hydrogen-bond acceptors (Lipinski definition) is 4. The Balaban J connectivity index is 1.98. The Morgan fingerprint density at radius 3 is 2.64 bits per heavy atom. The maximum atomic E-state index is 6.43. The predicted molar refractivity (Wildman–Crippen MR) is 87.5 cm³/mol. The number of halogens is 1. The van der Waals surface area contributed by atoms with Crippen LogP contribution in [0.25, 0.3) is 11.1 Å². The van der Waals surface area contributed by atoms with Gasteiger partial charge in [-0.05, 0) is 43.4 Å². The number of nitrogens with two attached hydrogens (primary N) is 1. The van der Waals surface area contributed by atoms with Gasteiger partial charge in [-0.25, -0.2) is 0 Å². The topological polar surface area (TPSA) is 62.3 Å². The summed E-state index contributed by atoms with van der Waals surface area (Å²) in [5.74, 6) is 1.82. The first-order chi connectivity index (χ1) is 10.6. The second-order valence-electron chi connectivity index (χ2n) is 5.58. The molecule has 0 saturated heterocycles. The van der Waals surface area contributed by atoms with Crippen LogP contribution in [0.2, 0.25) is 5.02 Å². The summed E-state index contributed by atoms with van der Waals surface area (Å²) in [6, 6.07) is 3.74. The molecule has 1 aliphatic carbocycles. The lowest BCUT2D eigenvalue weighted by molar-refractivity contribution is 0.201. The average Bonchev–Trinajstić information content (AvgIpc) is 3.12. The Hall–Kier alpha value is -1.88. The Labute approximate surface area is 135 Å². The molecule has 1 heterocycles. The van der Waals surface area contributed by atoms with Gasteiger partial charge in [0.15, 0.2) is 11.5 Å². The number of nitrogen functional groups attached to an aromatic ring is 1. The van der Waals surface area contributed by atoms with E-state index in [4.69, 9.17) is 26.8 Å². The van der Waals surface area contributed by atoms with Crippen molar-refractivity contribution in [3.63, 3.8) is 0 Å². The monoisotopic (exact) mass is 321 g/mol. The number of anilines is 1. The number of methoxy groups -OCH3 is 1. The smallest absolute Gasteiger partial charge is 0.180 e. The number of nitrogens with zero attached hydrogens (tertiary/aromatic N) is 2. The van der Waals surface area contributed by atoms with Gasteiger partial charge in [-0.15, -0.1) is 0 Å². The summed E-state index contributed by atoms with van der Waals surface area (Å²) in [5.41, 5.74) is 7.73. The Bertz CT molecular complexity index is 678. The van der Waals surface area contributed by atoms with Gasteiger partial charge in [0.1, 0.15) is 5.82 Å². The molecule has 6 heteroatoms. The van der Waals surface area contributed by atoms with Gasteiger partial charge in [0.05, 0.1) is 24.4 Å². The highest BCUT2D eigenvalue weighted by atomic mass is 35.5. The first-order valence-electron chi connectivity index (χ1n) is 7.42. The van der Waals surface area contributed by atoms with Crippen LogP contribution >= 0.6 is 11.6 Å². The van der Waals surface area contributed by atoms with Crippen LogP contribution in [0.1, 0.15) is 25.7 Å². The predicted octanol–water partition coefficient (Wildman–Crippen LogP) is 3.65. The molecule has 1 fully saturated rings. The van der Waals surface area contributed by atoms with Crippen molar-refractivity contribution >= 4 is 17.4 Å². The van der Waals surface area contributed by atoms with E-state index >= 15 is 0 Å². The summed E-state index contributed by atoms with van der Waals surface area (Å²) in [6.07, 6.45) is 6.48.